The van der Waals surface area contributed by atoms with Crippen LogP contribution in [-0.2, 0) is 0 Å². The predicted octanol–water partition coefficient (Wildman–Crippen LogP) is 2.70. The van der Waals surface area contributed by atoms with Gasteiger partial charge in [0.2, 0.25) is 5.95 Å². The molecule has 2 aliphatic rings. The molecule has 2 fully saturated rings. The maximum absolute atomic E-state index is 14.0. The molecule has 1 amide bonds. The monoisotopic (exact) mass is 421 g/mol. The lowest BCUT2D eigenvalue weighted by Crippen LogP contribution is -2.48. The van der Waals surface area contributed by atoms with E-state index in [4.69, 9.17) is 0 Å². The van der Waals surface area contributed by atoms with Crippen LogP contribution in [0.25, 0.3) is 5.69 Å². The first kappa shape index (κ1) is 19.6. The highest BCUT2D eigenvalue weighted by Gasteiger charge is 2.48. The summed E-state index contributed by atoms with van der Waals surface area (Å²) < 4.78 is 14.0. The lowest BCUT2D eigenvalue weighted by Gasteiger charge is -2.35. The summed E-state index contributed by atoms with van der Waals surface area (Å²) in [4.78, 5) is 28.2. The quantitative estimate of drug-likeness (QED) is 0.647. The lowest BCUT2D eigenvalue weighted by atomic mass is 9.95. The molecule has 9 heteroatoms. The van der Waals surface area contributed by atoms with E-state index in [-0.39, 0.29) is 17.0 Å². The van der Waals surface area contributed by atoms with E-state index in [0.717, 1.165) is 43.1 Å². The van der Waals surface area contributed by atoms with E-state index in [0.29, 0.717) is 18.8 Å². The normalized spacial score (nSPS) is 20.7. The van der Waals surface area contributed by atoms with Crippen molar-refractivity contribution in [1.29, 1.82) is 0 Å². The van der Waals surface area contributed by atoms with Crippen LogP contribution in [0.1, 0.15) is 41.0 Å². The summed E-state index contributed by atoms with van der Waals surface area (Å²) in [5.41, 5.74) is 2.42. The maximum Gasteiger partial charge on any atom is 0.256 e. The zero-order valence-corrected chi connectivity index (χ0v) is 17.6. The number of hydrogen-bond donors (Lipinski definition) is 0. The van der Waals surface area contributed by atoms with Crippen LogP contribution >= 0.6 is 0 Å². The van der Waals surface area contributed by atoms with Gasteiger partial charge in [-0.15, -0.1) is 0 Å². The molecular weight excluding hydrogens is 397 g/mol. The van der Waals surface area contributed by atoms with Crippen molar-refractivity contribution in [2.24, 2.45) is 0 Å². The number of halogens is 1. The Labute approximate surface area is 179 Å². The number of benzene rings is 1. The Morgan fingerprint density at radius 1 is 1.03 bits per heavy atom. The van der Waals surface area contributed by atoms with Crippen LogP contribution in [0.4, 0.5) is 10.3 Å². The van der Waals surface area contributed by atoms with Gasteiger partial charge in [-0.1, -0.05) is 0 Å². The number of carbonyl (C=O) groups excluding carboxylic acids is 1. The second-order valence-corrected chi connectivity index (χ2v) is 8.39. The Balaban J connectivity index is 1.44. The summed E-state index contributed by atoms with van der Waals surface area (Å²) in [7, 11) is 0. The van der Waals surface area contributed by atoms with Gasteiger partial charge in [0.15, 0.2) is 0 Å². The molecule has 2 aliphatic heterocycles. The number of aromatic nitrogens is 5. The molecule has 2 saturated heterocycles. The van der Waals surface area contributed by atoms with Gasteiger partial charge in [0, 0.05) is 31.0 Å². The minimum absolute atomic E-state index is 0.187. The SMILES string of the molecule is Cc1cc(C)nc(N2CCCC23CCN(C(=O)c2cc(F)ccc2-n2nccn2)C3)n1. The number of hydrogen-bond acceptors (Lipinski definition) is 6. The summed E-state index contributed by atoms with van der Waals surface area (Å²) in [5.74, 6) is 0.0626. The fraction of sp³-hybridized carbons (Fsp3) is 0.409. The molecule has 1 spiro atoms. The highest BCUT2D eigenvalue weighted by Crippen LogP contribution is 2.40. The van der Waals surface area contributed by atoms with Gasteiger partial charge in [-0.2, -0.15) is 15.0 Å². The number of rotatable bonds is 3. The third kappa shape index (κ3) is 3.43. The molecule has 160 valence electrons. The molecule has 1 unspecified atom stereocenters. The molecule has 0 radical (unpaired) electrons. The number of nitrogens with zero attached hydrogens (tertiary/aromatic N) is 7. The van der Waals surface area contributed by atoms with E-state index >= 15 is 0 Å². The molecule has 5 rings (SSSR count). The molecule has 31 heavy (non-hydrogen) atoms. The highest BCUT2D eigenvalue weighted by atomic mass is 19.1. The van der Waals surface area contributed by atoms with Gasteiger partial charge in [-0.05, 0) is 57.4 Å². The van der Waals surface area contributed by atoms with Gasteiger partial charge < -0.3 is 9.80 Å². The minimum Gasteiger partial charge on any atom is -0.336 e. The molecule has 8 nitrogen and oxygen atoms in total. The average Bonchev–Trinajstić information content (AvgIpc) is 3.49. The predicted molar refractivity (Wildman–Crippen MR) is 113 cm³/mol. The van der Waals surface area contributed by atoms with E-state index < -0.39 is 5.82 Å². The molecule has 0 N–H and O–H groups in total. The minimum atomic E-state index is -0.459. The van der Waals surface area contributed by atoms with E-state index in [1.165, 1.54) is 29.3 Å². The summed E-state index contributed by atoms with van der Waals surface area (Å²) in [6, 6.07) is 6.09. The number of anilines is 1. The second kappa shape index (κ2) is 7.40. The smallest absolute Gasteiger partial charge is 0.256 e. The summed E-state index contributed by atoms with van der Waals surface area (Å²) in [6.45, 7) is 5.97. The molecular formula is C22H24FN7O. The average molecular weight is 421 g/mol. The van der Waals surface area contributed by atoms with Crippen LogP contribution in [0, 0.1) is 19.7 Å². The fourth-order valence-corrected chi connectivity index (χ4v) is 4.90. The van der Waals surface area contributed by atoms with Crippen molar-refractivity contribution < 1.29 is 9.18 Å². The van der Waals surface area contributed by atoms with Crippen LogP contribution in [0.5, 0.6) is 0 Å². The Morgan fingerprint density at radius 3 is 2.52 bits per heavy atom. The third-order valence-electron chi connectivity index (χ3n) is 6.25. The Bertz CT molecular complexity index is 1110. The van der Waals surface area contributed by atoms with Gasteiger partial charge in [-0.25, -0.2) is 14.4 Å². The van der Waals surface area contributed by atoms with Crippen LogP contribution in [0.15, 0.2) is 36.7 Å². The van der Waals surface area contributed by atoms with Gasteiger partial charge in [0.25, 0.3) is 5.91 Å². The van der Waals surface area contributed by atoms with Gasteiger partial charge in [0.05, 0.1) is 29.2 Å². The van der Waals surface area contributed by atoms with Crippen molar-refractivity contribution in [2.45, 2.75) is 38.6 Å². The van der Waals surface area contributed by atoms with Crippen molar-refractivity contribution in [1.82, 2.24) is 29.9 Å². The molecule has 4 heterocycles. The summed E-state index contributed by atoms with van der Waals surface area (Å²) >= 11 is 0. The largest absolute Gasteiger partial charge is 0.336 e. The third-order valence-corrected chi connectivity index (χ3v) is 6.25. The highest BCUT2D eigenvalue weighted by molar-refractivity contribution is 5.98. The molecule has 3 aromatic rings. The topological polar surface area (TPSA) is 80.0 Å². The Hall–Kier alpha value is -3.36. The van der Waals surface area contributed by atoms with Crippen molar-refractivity contribution in [3.8, 4) is 5.69 Å². The van der Waals surface area contributed by atoms with Crippen LogP contribution in [-0.4, -0.2) is 60.9 Å². The van der Waals surface area contributed by atoms with Crippen molar-refractivity contribution >= 4 is 11.9 Å². The van der Waals surface area contributed by atoms with Gasteiger partial charge in [-0.3, -0.25) is 4.79 Å². The van der Waals surface area contributed by atoms with E-state index in [9.17, 15) is 9.18 Å². The first-order valence-corrected chi connectivity index (χ1v) is 10.5. The number of likely N-dealkylation sites (tertiary alicyclic amines) is 1. The van der Waals surface area contributed by atoms with Crippen LogP contribution < -0.4 is 4.90 Å². The fourth-order valence-electron chi connectivity index (χ4n) is 4.90. The van der Waals surface area contributed by atoms with E-state index in [1.54, 1.807) is 6.07 Å². The van der Waals surface area contributed by atoms with Crippen molar-refractivity contribution in [3.63, 3.8) is 0 Å². The first-order chi connectivity index (χ1) is 14.9. The first-order valence-electron chi connectivity index (χ1n) is 10.5. The second-order valence-electron chi connectivity index (χ2n) is 8.39. The van der Waals surface area contributed by atoms with Crippen LogP contribution in [0.2, 0.25) is 0 Å². The molecule has 1 aromatic carbocycles. The lowest BCUT2D eigenvalue weighted by molar-refractivity contribution is 0.0783. The summed E-state index contributed by atoms with van der Waals surface area (Å²) in [5, 5.41) is 8.23. The maximum atomic E-state index is 14.0. The number of amides is 1. The zero-order valence-electron chi connectivity index (χ0n) is 17.6. The summed E-state index contributed by atoms with van der Waals surface area (Å²) in [6.07, 6.45) is 5.90. The standard InChI is InChI=1S/C22H24FN7O/c1-15-12-16(2)27-21(26-15)29-10-3-6-22(29)7-11-28(14-22)20(31)18-13-17(23)4-5-19(18)30-24-8-9-25-30/h4-5,8-9,12-13H,3,6-7,10-11,14H2,1-2H3. The van der Waals surface area contributed by atoms with Crippen molar-refractivity contribution in [2.75, 3.05) is 24.5 Å². The molecule has 1 atom stereocenters. The van der Waals surface area contributed by atoms with E-state index in [1.807, 2.05) is 24.8 Å². The molecule has 0 bridgehead atoms. The van der Waals surface area contributed by atoms with Gasteiger partial charge >= 0.3 is 0 Å². The van der Waals surface area contributed by atoms with Gasteiger partial charge in [0.1, 0.15) is 5.82 Å². The number of carbonyl (C=O) groups is 1. The van der Waals surface area contributed by atoms with E-state index in [2.05, 4.69) is 25.1 Å². The molecule has 2 aromatic heterocycles. The van der Waals surface area contributed by atoms with Crippen molar-refractivity contribution in [3.05, 3.63) is 59.4 Å². The van der Waals surface area contributed by atoms with Crippen LogP contribution in [0.3, 0.4) is 0 Å². The zero-order chi connectivity index (χ0) is 21.6. The molecule has 0 saturated carbocycles. The Kier molecular flexibility index (Phi) is 4.68. The Morgan fingerprint density at radius 2 is 1.77 bits per heavy atom. The number of aryl methyl sites for hydroxylation is 2. The molecule has 0 aliphatic carbocycles.